The van der Waals surface area contributed by atoms with Crippen molar-refractivity contribution >= 4 is 11.9 Å². The van der Waals surface area contributed by atoms with Gasteiger partial charge in [-0.05, 0) is 131 Å². The average Bonchev–Trinajstić information content (AvgIpc) is 3.29. The van der Waals surface area contributed by atoms with E-state index in [1.165, 1.54) is 66.4 Å². The third kappa shape index (κ3) is 22.1. The van der Waals surface area contributed by atoms with Crippen LogP contribution in [0.2, 0.25) is 0 Å². The largest absolute Gasteiger partial charge is 0.383 e. The van der Waals surface area contributed by atoms with Crippen molar-refractivity contribution in [2.45, 2.75) is 221 Å². The van der Waals surface area contributed by atoms with Crippen LogP contribution >= 0.6 is 0 Å². The number of aldehydes is 1. The van der Waals surface area contributed by atoms with Gasteiger partial charge in [0.1, 0.15) is 0 Å². The number of nitrogens with one attached hydrogen (secondary N) is 1. The van der Waals surface area contributed by atoms with Gasteiger partial charge in [-0.3, -0.25) is 4.79 Å². The molecule has 1 aromatic rings. The molecule has 0 radical (unpaired) electrons. The van der Waals surface area contributed by atoms with E-state index in [1.54, 1.807) is 11.1 Å². The molecule has 3 atom stereocenters. The summed E-state index contributed by atoms with van der Waals surface area (Å²) >= 11 is 0. The molecular formula is C58H104N2O. The van der Waals surface area contributed by atoms with E-state index in [9.17, 15) is 4.79 Å². The number of hydrogen-bond donors (Lipinski definition) is 2. The lowest BCUT2D eigenvalue weighted by Crippen LogP contribution is -2.47. The highest BCUT2D eigenvalue weighted by molar-refractivity contribution is 5.78. The minimum atomic E-state index is -0.391. The lowest BCUT2D eigenvalue weighted by Gasteiger charge is -2.46. The van der Waals surface area contributed by atoms with E-state index in [2.05, 4.69) is 155 Å². The van der Waals surface area contributed by atoms with Crippen LogP contribution in [0.5, 0.6) is 0 Å². The molecule has 0 fully saturated rings. The maximum Gasteiger partial charge on any atom is 0.165 e. The van der Waals surface area contributed by atoms with E-state index in [-0.39, 0.29) is 5.41 Å². The van der Waals surface area contributed by atoms with Crippen molar-refractivity contribution in [3.8, 4) is 0 Å². The Morgan fingerprint density at radius 2 is 1.41 bits per heavy atom. The van der Waals surface area contributed by atoms with Crippen LogP contribution in [0, 0.1) is 16.7 Å². The summed E-state index contributed by atoms with van der Waals surface area (Å²) in [6, 6.07) is 8.97. The summed E-state index contributed by atoms with van der Waals surface area (Å²) in [5.41, 5.74) is 17.1. The van der Waals surface area contributed by atoms with Gasteiger partial charge in [0.2, 0.25) is 0 Å². The van der Waals surface area contributed by atoms with Crippen molar-refractivity contribution in [3.63, 3.8) is 0 Å². The second-order valence-electron chi connectivity index (χ2n) is 16.4. The lowest BCUT2D eigenvalue weighted by atomic mass is 9.61. The molecule has 0 bridgehead atoms. The van der Waals surface area contributed by atoms with E-state index in [1.807, 2.05) is 62.3 Å². The minimum absolute atomic E-state index is 0.181. The van der Waals surface area contributed by atoms with Gasteiger partial charge < -0.3 is 11.1 Å². The zero-order valence-corrected chi connectivity index (χ0v) is 44.4. The van der Waals surface area contributed by atoms with Gasteiger partial charge >= 0.3 is 0 Å². The summed E-state index contributed by atoms with van der Waals surface area (Å²) in [6.07, 6.45) is 27.9. The summed E-state index contributed by atoms with van der Waals surface area (Å²) in [6.45, 7) is 51.0. The Morgan fingerprint density at radius 1 is 0.869 bits per heavy atom. The average molecular weight is 845 g/mol. The maximum absolute atomic E-state index is 10.2. The third-order valence-corrected chi connectivity index (χ3v) is 11.8. The number of carbonyl (C=O) groups is 1. The Bertz CT molecular complexity index is 1440. The number of hydrogen-bond acceptors (Lipinski definition) is 3. The molecule has 2 aliphatic carbocycles. The quantitative estimate of drug-likeness (QED) is 0.0711. The van der Waals surface area contributed by atoms with Gasteiger partial charge in [0.05, 0.1) is 11.2 Å². The van der Waals surface area contributed by atoms with Gasteiger partial charge in [-0.15, -0.1) is 0 Å². The van der Waals surface area contributed by atoms with Gasteiger partial charge in [0.15, 0.2) is 6.29 Å². The summed E-state index contributed by atoms with van der Waals surface area (Å²) in [4.78, 5) is 10.2. The van der Waals surface area contributed by atoms with E-state index < -0.39 is 5.54 Å². The van der Waals surface area contributed by atoms with Gasteiger partial charge in [0, 0.05) is 12.0 Å². The number of rotatable bonds is 17. The van der Waals surface area contributed by atoms with Gasteiger partial charge in [-0.25, -0.2) is 0 Å². The van der Waals surface area contributed by atoms with Crippen molar-refractivity contribution in [3.05, 3.63) is 113 Å². The van der Waals surface area contributed by atoms with E-state index in [0.29, 0.717) is 22.9 Å². The van der Waals surface area contributed by atoms with Crippen molar-refractivity contribution in [1.29, 1.82) is 0 Å². The molecule has 0 saturated carbocycles. The minimum Gasteiger partial charge on any atom is -0.383 e. The summed E-state index contributed by atoms with van der Waals surface area (Å²) in [7, 11) is 0. The molecule has 0 heterocycles. The van der Waals surface area contributed by atoms with Crippen LogP contribution in [0.25, 0.3) is 5.57 Å². The molecule has 1 aromatic carbocycles. The highest BCUT2D eigenvalue weighted by atomic mass is 16.1. The maximum atomic E-state index is 10.2. The molecule has 0 amide bonds. The first kappa shape index (κ1) is 64.5. The molecule has 0 aromatic heterocycles. The van der Waals surface area contributed by atoms with Gasteiger partial charge in [-0.2, -0.15) is 0 Å². The van der Waals surface area contributed by atoms with Gasteiger partial charge in [0.25, 0.3) is 0 Å². The zero-order valence-electron chi connectivity index (χ0n) is 44.4. The summed E-state index contributed by atoms with van der Waals surface area (Å²) in [5, 5.41) is 2.93. The third-order valence-electron chi connectivity index (χ3n) is 11.8. The van der Waals surface area contributed by atoms with Crippen molar-refractivity contribution in [1.82, 2.24) is 5.32 Å². The molecule has 3 N–H and O–H groups in total. The molecule has 3 rings (SSSR count). The predicted octanol–water partition coefficient (Wildman–Crippen LogP) is 18.3. The number of allylic oxidation sites excluding steroid dienone is 10. The molecule has 3 unspecified atom stereocenters. The molecule has 0 aliphatic heterocycles. The number of benzene rings is 1. The Hall–Kier alpha value is -3.17. The normalized spacial score (nSPS) is 19.0. The highest BCUT2D eigenvalue weighted by Crippen LogP contribution is 2.50. The zero-order chi connectivity index (χ0) is 48.2. The Balaban J connectivity index is -0.000000381. The molecule has 61 heavy (non-hydrogen) atoms. The molecule has 2 aliphatic rings. The second kappa shape index (κ2) is 37.4. The number of carbonyl (C=O) groups excluding carboxylic acids is 1. The first-order valence-electron chi connectivity index (χ1n) is 24.9. The first-order chi connectivity index (χ1) is 29.0. The van der Waals surface area contributed by atoms with Crippen LogP contribution in [-0.4, -0.2) is 18.4 Å². The molecule has 3 nitrogen and oxygen atoms in total. The van der Waals surface area contributed by atoms with Crippen LogP contribution in [0.15, 0.2) is 102 Å². The Morgan fingerprint density at radius 3 is 1.80 bits per heavy atom. The first-order valence-corrected chi connectivity index (χ1v) is 24.9. The molecule has 0 saturated heterocycles. The monoisotopic (exact) mass is 845 g/mol. The fourth-order valence-corrected chi connectivity index (χ4v) is 7.96. The fourth-order valence-electron chi connectivity index (χ4n) is 7.96. The highest BCUT2D eigenvalue weighted by Gasteiger charge is 2.42. The van der Waals surface area contributed by atoms with Crippen molar-refractivity contribution < 1.29 is 4.79 Å². The SMILES string of the molecule is C=C(C=O)NCCCC(C)C(=C)C.CC.CC.CC.CC.CC/C=C1\C(C)(CC)CC=C(c2ccc(C(C)C)cc2)C1(C)N.CC=C(C)C(CCC)(CCC)C1=CCCC=C1. The Labute approximate surface area is 383 Å². The number of nitrogens with two attached hydrogens (primary N) is 1. The van der Waals surface area contributed by atoms with Crippen LogP contribution in [0.3, 0.4) is 0 Å². The fraction of sp³-hybridized carbons (Fsp3) is 0.638. The van der Waals surface area contributed by atoms with Crippen LogP contribution < -0.4 is 11.1 Å². The van der Waals surface area contributed by atoms with E-state index >= 15 is 0 Å². The molecule has 352 valence electrons. The van der Waals surface area contributed by atoms with Crippen LogP contribution in [0.4, 0.5) is 0 Å². The molecule has 3 heteroatoms. The summed E-state index contributed by atoms with van der Waals surface area (Å²) < 4.78 is 0. The molecule has 0 spiro atoms. The van der Waals surface area contributed by atoms with Crippen molar-refractivity contribution in [2.75, 3.05) is 6.54 Å². The summed E-state index contributed by atoms with van der Waals surface area (Å²) in [5.74, 6) is 1.12. The smallest absolute Gasteiger partial charge is 0.165 e. The second-order valence-corrected chi connectivity index (χ2v) is 16.4. The van der Waals surface area contributed by atoms with Gasteiger partial charge in [-0.1, -0.05) is 209 Å². The lowest BCUT2D eigenvalue weighted by molar-refractivity contribution is -0.105. The van der Waals surface area contributed by atoms with E-state index in [0.717, 1.165) is 44.9 Å². The predicted molar refractivity (Wildman–Crippen MR) is 282 cm³/mol. The topological polar surface area (TPSA) is 55.1 Å². The molecular weight excluding hydrogens is 741 g/mol. The van der Waals surface area contributed by atoms with E-state index in [4.69, 9.17) is 5.73 Å². The standard InChI is InChI=1S/C22H33N.C17H28.C11H19NO.4C2H6/c1-7-9-20-21(5,8-2)15-14-19(22(20,6)23)18-12-10-17(11-13-18)16(3)4;1-5-13-17(14-6-2,15(4)7-3)16-11-9-8-10-12-16;1-9(2)10(3)6-5-7-12-11(4)8-13;4*1-2/h9-14,16H,7-8,15,23H2,1-6H3;7,9,11-12H,5-6,8,10,13-14H2,1-4H3;8,10,12H,1,4-7H2,2-3H3;4*1-2H3/b20-9+;;;;;;. The van der Waals surface area contributed by atoms with Crippen molar-refractivity contribution in [2.24, 2.45) is 22.5 Å². The van der Waals surface area contributed by atoms with Crippen LogP contribution in [-0.2, 0) is 4.79 Å². The van der Waals surface area contributed by atoms with Crippen LogP contribution in [0.1, 0.15) is 226 Å². The Kier molecular flexibility index (Phi) is 39.5.